The highest BCUT2D eigenvalue weighted by atomic mass is 16.7. The van der Waals surface area contributed by atoms with Gasteiger partial charge in [-0.05, 0) is 47.9 Å². The molecule has 0 spiro atoms. The van der Waals surface area contributed by atoms with Crippen LogP contribution in [0.2, 0.25) is 0 Å². The van der Waals surface area contributed by atoms with Gasteiger partial charge in [-0.1, -0.05) is 13.8 Å². The summed E-state index contributed by atoms with van der Waals surface area (Å²) in [6, 6.07) is 6.91. The first-order valence-corrected chi connectivity index (χ1v) is 8.74. The first kappa shape index (κ1) is 16.7. The first-order chi connectivity index (χ1) is 12.5. The SMILES string of the molecule is C[C@H](Cc1cc2c(cc1O)OCO2)[C@@H](C)Cc1cc2c(cc1O)OCO2. The summed E-state index contributed by atoms with van der Waals surface area (Å²) in [5.41, 5.74) is 1.67. The summed E-state index contributed by atoms with van der Waals surface area (Å²) in [4.78, 5) is 0. The van der Waals surface area contributed by atoms with Crippen LogP contribution in [0.25, 0.3) is 0 Å². The number of rotatable bonds is 5. The van der Waals surface area contributed by atoms with Gasteiger partial charge in [0.1, 0.15) is 11.5 Å². The quantitative estimate of drug-likeness (QED) is 0.850. The van der Waals surface area contributed by atoms with Gasteiger partial charge in [0, 0.05) is 12.1 Å². The Kier molecular flexibility index (Phi) is 4.18. The predicted octanol–water partition coefficient (Wildman–Crippen LogP) is 3.61. The lowest BCUT2D eigenvalue weighted by Crippen LogP contribution is -2.14. The van der Waals surface area contributed by atoms with Crippen molar-refractivity contribution in [2.24, 2.45) is 11.8 Å². The van der Waals surface area contributed by atoms with Crippen molar-refractivity contribution >= 4 is 0 Å². The maximum absolute atomic E-state index is 10.2. The van der Waals surface area contributed by atoms with Gasteiger partial charge in [0.15, 0.2) is 23.0 Å². The van der Waals surface area contributed by atoms with E-state index in [2.05, 4.69) is 13.8 Å². The zero-order chi connectivity index (χ0) is 18.3. The second kappa shape index (κ2) is 6.52. The zero-order valence-corrected chi connectivity index (χ0v) is 14.8. The van der Waals surface area contributed by atoms with Crippen LogP contribution in [0.1, 0.15) is 25.0 Å². The zero-order valence-electron chi connectivity index (χ0n) is 14.8. The average Bonchev–Trinajstić information content (AvgIpc) is 3.23. The molecule has 6 nitrogen and oxygen atoms in total. The third-order valence-electron chi connectivity index (χ3n) is 5.20. The molecule has 0 aromatic heterocycles. The van der Waals surface area contributed by atoms with Crippen molar-refractivity contribution < 1.29 is 29.2 Å². The molecule has 2 aliphatic rings. The lowest BCUT2D eigenvalue weighted by Gasteiger charge is -2.21. The molecule has 0 saturated carbocycles. The molecule has 2 atom stereocenters. The molecule has 6 heteroatoms. The van der Waals surface area contributed by atoms with Gasteiger partial charge in [-0.15, -0.1) is 0 Å². The summed E-state index contributed by atoms with van der Waals surface area (Å²) in [5.74, 6) is 3.52. The molecule has 138 valence electrons. The number of fused-ring (bicyclic) bond motifs is 2. The Labute approximate surface area is 151 Å². The number of phenolic OH excluding ortho intramolecular Hbond substituents is 2. The maximum Gasteiger partial charge on any atom is 0.231 e. The smallest absolute Gasteiger partial charge is 0.231 e. The number of hydrogen-bond donors (Lipinski definition) is 2. The normalized spacial score (nSPS) is 16.5. The van der Waals surface area contributed by atoms with Gasteiger partial charge in [0.25, 0.3) is 0 Å². The van der Waals surface area contributed by atoms with Gasteiger partial charge in [-0.2, -0.15) is 0 Å². The second-order valence-electron chi connectivity index (χ2n) is 7.03. The van der Waals surface area contributed by atoms with E-state index in [0.29, 0.717) is 35.8 Å². The van der Waals surface area contributed by atoms with Crippen LogP contribution in [0.4, 0.5) is 0 Å². The Morgan fingerprint density at radius 1 is 0.692 bits per heavy atom. The molecule has 2 aromatic carbocycles. The fourth-order valence-electron chi connectivity index (χ4n) is 3.37. The minimum Gasteiger partial charge on any atom is -0.508 e. The van der Waals surface area contributed by atoms with Crippen LogP contribution in [-0.2, 0) is 12.8 Å². The molecule has 0 aliphatic carbocycles. The molecular weight excluding hydrogens is 336 g/mol. The summed E-state index contributed by atoms with van der Waals surface area (Å²) in [6.45, 7) is 4.65. The second-order valence-corrected chi connectivity index (χ2v) is 7.03. The summed E-state index contributed by atoms with van der Waals surface area (Å²) >= 11 is 0. The van der Waals surface area contributed by atoms with E-state index in [0.717, 1.165) is 11.1 Å². The first-order valence-electron chi connectivity index (χ1n) is 8.74. The molecule has 0 bridgehead atoms. The Hall–Kier alpha value is -2.76. The highest BCUT2D eigenvalue weighted by Crippen LogP contribution is 2.41. The van der Waals surface area contributed by atoms with Gasteiger partial charge < -0.3 is 29.2 Å². The van der Waals surface area contributed by atoms with Gasteiger partial charge >= 0.3 is 0 Å². The van der Waals surface area contributed by atoms with Crippen LogP contribution in [0.3, 0.4) is 0 Å². The number of hydrogen-bond acceptors (Lipinski definition) is 6. The highest BCUT2D eigenvalue weighted by Gasteiger charge is 2.23. The predicted molar refractivity (Wildman–Crippen MR) is 94.2 cm³/mol. The molecule has 2 aromatic rings. The molecule has 0 fully saturated rings. The summed E-state index contributed by atoms with van der Waals surface area (Å²) in [7, 11) is 0. The van der Waals surface area contributed by atoms with Crippen LogP contribution in [0.15, 0.2) is 24.3 Å². The minimum absolute atomic E-state index is 0.188. The Morgan fingerprint density at radius 2 is 1.04 bits per heavy atom. The number of aromatic hydroxyl groups is 2. The summed E-state index contributed by atoms with van der Waals surface area (Å²) in [6.07, 6.45) is 1.41. The molecule has 0 unspecified atom stereocenters. The van der Waals surface area contributed by atoms with E-state index in [4.69, 9.17) is 18.9 Å². The van der Waals surface area contributed by atoms with Crippen molar-refractivity contribution in [3.63, 3.8) is 0 Å². The van der Waals surface area contributed by atoms with E-state index in [1.807, 2.05) is 12.1 Å². The molecule has 0 radical (unpaired) electrons. The molecule has 26 heavy (non-hydrogen) atoms. The van der Waals surface area contributed by atoms with Crippen molar-refractivity contribution in [3.8, 4) is 34.5 Å². The van der Waals surface area contributed by atoms with E-state index in [1.54, 1.807) is 12.1 Å². The van der Waals surface area contributed by atoms with Gasteiger partial charge in [-0.3, -0.25) is 0 Å². The molecule has 4 rings (SSSR count). The van der Waals surface area contributed by atoms with Crippen molar-refractivity contribution in [2.45, 2.75) is 26.7 Å². The minimum atomic E-state index is 0.188. The van der Waals surface area contributed by atoms with Gasteiger partial charge in [-0.25, -0.2) is 0 Å². The average molecular weight is 358 g/mol. The van der Waals surface area contributed by atoms with E-state index in [9.17, 15) is 10.2 Å². The van der Waals surface area contributed by atoms with Crippen LogP contribution in [0, 0.1) is 11.8 Å². The van der Waals surface area contributed by atoms with E-state index >= 15 is 0 Å². The molecule has 2 N–H and O–H groups in total. The molecule has 0 amide bonds. The fourth-order valence-corrected chi connectivity index (χ4v) is 3.37. The van der Waals surface area contributed by atoms with E-state index in [-0.39, 0.29) is 36.9 Å². The summed E-state index contributed by atoms with van der Waals surface area (Å²) < 4.78 is 21.4. The molecule has 0 saturated heterocycles. The molecule has 2 aliphatic heterocycles. The number of phenols is 2. The largest absolute Gasteiger partial charge is 0.508 e. The standard InChI is InChI=1S/C20H22O6/c1-11(3-13-5-17-19(7-15(13)21)25-9-23-17)12(2)4-14-6-18-20(8-16(14)22)26-10-24-18/h5-8,11-12,21-22H,3-4,9-10H2,1-2H3/t11-,12+. The number of benzene rings is 2. The topological polar surface area (TPSA) is 77.4 Å². The van der Waals surface area contributed by atoms with Gasteiger partial charge in [0.05, 0.1) is 0 Å². The lowest BCUT2D eigenvalue weighted by atomic mass is 9.85. The van der Waals surface area contributed by atoms with E-state index in [1.165, 1.54) is 0 Å². The molecule has 2 heterocycles. The van der Waals surface area contributed by atoms with Crippen molar-refractivity contribution in [1.29, 1.82) is 0 Å². The summed E-state index contributed by atoms with van der Waals surface area (Å²) in [5, 5.41) is 20.5. The van der Waals surface area contributed by atoms with Crippen LogP contribution in [-0.4, -0.2) is 23.8 Å². The van der Waals surface area contributed by atoms with E-state index < -0.39 is 0 Å². The van der Waals surface area contributed by atoms with Gasteiger partial charge in [0.2, 0.25) is 13.6 Å². The maximum atomic E-state index is 10.2. The lowest BCUT2D eigenvalue weighted by molar-refractivity contribution is 0.173. The van der Waals surface area contributed by atoms with Crippen molar-refractivity contribution in [1.82, 2.24) is 0 Å². The third kappa shape index (κ3) is 3.07. The monoisotopic (exact) mass is 358 g/mol. The van der Waals surface area contributed by atoms with Crippen molar-refractivity contribution in [2.75, 3.05) is 13.6 Å². The fraction of sp³-hybridized carbons (Fsp3) is 0.400. The molecular formula is C20H22O6. The highest BCUT2D eigenvalue weighted by molar-refractivity contribution is 5.52. The number of ether oxygens (including phenoxy) is 4. The van der Waals surface area contributed by atoms with Crippen LogP contribution < -0.4 is 18.9 Å². The van der Waals surface area contributed by atoms with Crippen molar-refractivity contribution in [3.05, 3.63) is 35.4 Å². The Bertz CT molecular complexity index is 762. The Balaban J connectivity index is 1.46. The van der Waals surface area contributed by atoms with Crippen LogP contribution in [0.5, 0.6) is 34.5 Å². The van der Waals surface area contributed by atoms with Crippen LogP contribution >= 0.6 is 0 Å². The Morgan fingerprint density at radius 3 is 1.42 bits per heavy atom. The third-order valence-corrected chi connectivity index (χ3v) is 5.20.